The van der Waals surface area contributed by atoms with E-state index in [0.29, 0.717) is 29.6 Å². The van der Waals surface area contributed by atoms with Crippen LogP contribution in [0, 0.1) is 46.8 Å². The van der Waals surface area contributed by atoms with E-state index in [-0.39, 0.29) is 23.9 Å². The molecule has 0 bridgehead atoms. The van der Waals surface area contributed by atoms with Gasteiger partial charge in [-0.05, 0) is 48.3 Å². The molecule has 2 fully saturated rings. The molecule has 2 saturated carbocycles. The highest BCUT2D eigenvalue weighted by Crippen LogP contribution is 2.62. The van der Waals surface area contributed by atoms with Crippen LogP contribution in [0.5, 0.6) is 0 Å². The topological polar surface area (TPSA) is 66.8 Å². The number of carbonyl (C=O) groups excluding carboxylic acids is 1. The van der Waals surface area contributed by atoms with Crippen molar-refractivity contribution < 1.29 is 19.7 Å². The summed E-state index contributed by atoms with van der Waals surface area (Å²) >= 11 is 0. The van der Waals surface area contributed by atoms with Crippen LogP contribution < -0.4 is 0 Å². The van der Waals surface area contributed by atoms with E-state index in [0.717, 1.165) is 12.8 Å². The summed E-state index contributed by atoms with van der Waals surface area (Å²) in [6.45, 7) is 11.2. The van der Waals surface area contributed by atoms with Crippen molar-refractivity contribution in [2.24, 2.45) is 46.8 Å². The number of rotatable bonds is 3. The van der Waals surface area contributed by atoms with Crippen LogP contribution in [-0.4, -0.2) is 36.0 Å². The maximum atomic E-state index is 12.1. The minimum Gasteiger partial charge on any atom is -0.467 e. The molecule has 4 nitrogen and oxygen atoms in total. The molecule has 2 rings (SSSR count). The molecule has 9 atom stereocenters. The van der Waals surface area contributed by atoms with Gasteiger partial charge in [0.2, 0.25) is 0 Å². The zero-order valence-corrected chi connectivity index (χ0v) is 15.5. The van der Waals surface area contributed by atoms with Crippen LogP contribution in [0.2, 0.25) is 0 Å². The Morgan fingerprint density at radius 1 is 1.13 bits per heavy atom. The SMILES string of the molecule is COC(=O)C(O)C1C(C)C(C)C(C)C2C(C)C(C)CCC12CO. The monoisotopic (exact) mass is 326 g/mol. The largest absolute Gasteiger partial charge is 0.467 e. The van der Waals surface area contributed by atoms with Crippen molar-refractivity contribution in [2.75, 3.05) is 13.7 Å². The maximum Gasteiger partial charge on any atom is 0.335 e. The molecule has 0 aliphatic heterocycles. The Morgan fingerprint density at radius 2 is 1.74 bits per heavy atom. The molecule has 0 aromatic heterocycles. The fourth-order valence-corrected chi connectivity index (χ4v) is 6.01. The Morgan fingerprint density at radius 3 is 2.26 bits per heavy atom. The fraction of sp³-hybridized carbons (Fsp3) is 0.947. The van der Waals surface area contributed by atoms with Gasteiger partial charge in [0.15, 0.2) is 6.10 Å². The zero-order chi connectivity index (χ0) is 17.5. The molecule has 2 aliphatic carbocycles. The average molecular weight is 326 g/mol. The van der Waals surface area contributed by atoms with Gasteiger partial charge in [-0.25, -0.2) is 4.79 Å². The number of methoxy groups -OCH3 is 1. The summed E-state index contributed by atoms with van der Waals surface area (Å²) in [5.41, 5.74) is -0.384. The molecular weight excluding hydrogens is 292 g/mol. The summed E-state index contributed by atoms with van der Waals surface area (Å²) in [6.07, 6.45) is 0.760. The minimum absolute atomic E-state index is 0.0366. The second-order valence-electron chi connectivity index (χ2n) is 8.36. The standard InChI is InChI=1S/C19H34O4/c1-10-7-8-19(9-20)15(11(10)2)13(4)12(3)14(5)16(19)17(21)18(22)23-6/h10-17,20-21H,7-9H2,1-6H3. The molecule has 0 amide bonds. The highest BCUT2D eigenvalue weighted by Gasteiger charge is 2.61. The highest BCUT2D eigenvalue weighted by atomic mass is 16.5. The first-order valence-corrected chi connectivity index (χ1v) is 9.09. The van der Waals surface area contributed by atoms with Crippen molar-refractivity contribution in [2.45, 2.75) is 53.6 Å². The number of ether oxygens (including phenoxy) is 1. The molecule has 0 spiro atoms. The van der Waals surface area contributed by atoms with Crippen LogP contribution in [0.15, 0.2) is 0 Å². The molecule has 134 valence electrons. The lowest BCUT2D eigenvalue weighted by molar-refractivity contribution is -0.200. The quantitative estimate of drug-likeness (QED) is 0.783. The molecule has 0 aromatic rings. The third kappa shape index (κ3) is 2.72. The Bertz CT molecular complexity index is 437. The number of esters is 1. The lowest BCUT2D eigenvalue weighted by Crippen LogP contribution is -2.62. The third-order valence-electron chi connectivity index (χ3n) is 7.73. The number of hydrogen-bond acceptors (Lipinski definition) is 4. The summed E-state index contributed by atoms with van der Waals surface area (Å²) in [5.74, 6) is 1.64. The first-order chi connectivity index (χ1) is 10.7. The predicted octanol–water partition coefficient (Wildman–Crippen LogP) is 2.72. The van der Waals surface area contributed by atoms with Crippen molar-refractivity contribution in [3.63, 3.8) is 0 Å². The lowest BCUT2D eigenvalue weighted by atomic mass is 9.43. The van der Waals surface area contributed by atoms with Gasteiger partial charge in [0.05, 0.1) is 7.11 Å². The molecule has 2 aliphatic rings. The predicted molar refractivity (Wildman–Crippen MR) is 89.6 cm³/mol. The van der Waals surface area contributed by atoms with Gasteiger partial charge in [0.25, 0.3) is 0 Å². The fourth-order valence-electron chi connectivity index (χ4n) is 6.01. The number of aliphatic hydroxyl groups excluding tert-OH is 2. The van der Waals surface area contributed by atoms with Gasteiger partial charge >= 0.3 is 5.97 Å². The number of hydrogen-bond donors (Lipinski definition) is 2. The van der Waals surface area contributed by atoms with Gasteiger partial charge in [-0.2, -0.15) is 0 Å². The van der Waals surface area contributed by atoms with Crippen LogP contribution in [0.25, 0.3) is 0 Å². The van der Waals surface area contributed by atoms with E-state index >= 15 is 0 Å². The van der Waals surface area contributed by atoms with E-state index in [4.69, 9.17) is 4.74 Å². The first kappa shape index (κ1) is 18.7. The minimum atomic E-state index is -1.15. The molecule has 4 heteroatoms. The number of aliphatic hydroxyl groups is 2. The zero-order valence-electron chi connectivity index (χ0n) is 15.5. The molecule has 0 saturated heterocycles. The third-order valence-corrected chi connectivity index (χ3v) is 7.73. The summed E-state index contributed by atoms with van der Waals surface area (Å²) in [4.78, 5) is 12.1. The van der Waals surface area contributed by atoms with E-state index in [9.17, 15) is 15.0 Å². The van der Waals surface area contributed by atoms with Gasteiger partial charge in [-0.3, -0.25) is 0 Å². The van der Waals surface area contributed by atoms with E-state index in [1.165, 1.54) is 7.11 Å². The van der Waals surface area contributed by atoms with Crippen molar-refractivity contribution in [3.8, 4) is 0 Å². The Balaban J connectivity index is 2.52. The van der Waals surface area contributed by atoms with E-state index in [1.54, 1.807) is 0 Å². The lowest BCUT2D eigenvalue weighted by Gasteiger charge is -2.62. The molecule has 23 heavy (non-hydrogen) atoms. The smallest absolute Gasteiger partial charge is 0.335 e. The van der Waals surface area contributed by atoms with Crippen LogP contribution in [0.1, 0.15) is 47.5 Å². The van der Waals surface area contributed by atoms with Crippen LogP contribution >= 0.6 is 0 Å². The molecule has 9 unspecified atom stereocenters. The van der Waals surface area contributed by atoms with Crippen molar-refractivity contribution in [1.82, 2.24) is 0 Å². The number of fused-ring (bicyclic) bond motifs is 1. The first-order valence-electron chi connectivity index (χ1n) is 9.09. The molecule has 0 aromatic carbocycles. The van der Waals surface area contributed by atoms with E-state index in [2.05, 4.69) is 34.6 Å². The van der Waals surface area contributed by atoms with E-state index in [1.807, 2.05) is 0 Å². The number of carbonyl (C=O) groups is 1. The molecular formula is C19H34O4. The van der Waals surface area contributed by atoms with Gasteiger partial charge in [-0.1, -0.05) is 34.6 Å². The van der Waals surface area contributed by atoms with Crippen LogP contribution in [0.3, 0.4) is 0 Å². The van der Waals surface area contributed by atoms with Gasteiger partial charge in [0.1, 0.15) is 0 Å². The van der Waals surface area contributed by atoms with Crippen LogP contribution in [0.4, 0.5) is 0 Å². The van der Waals surface area contributed by atoms with Crippen molar-refractivity contribution >= 4 is 5.97 Å². The Kier molecular flexibility index (Phi) is 5.47. The second kappa shape index (κ2) is 6.72. The van der Waals surface area contributed by atoms with Crippen LogP contribution in [-0.2, 0) is 9.53 Å². The summed E-state index contributed by atoms with van der Waals surface area (Å²) < 4.78 is 4.82. The molecule has 2 N–H and O–H groups in total. The van der Waals surface area contributed by atoms with Gasteiger partial charge in [-0.15, -0.1) is 0 Å². The normalized spacial score (nSPS) is 48.4. The maximum absolute atomic E-state index is 12.1. The van der Waals surface area contributed by atoms with Crippen molar-refractivity contribution in [3.05, 3.63) is 0 Å². The Labute approximate surface area is 140 Å². The van der Waals surface area contributed by atoms with Gasteiger partial charge < -0.3 is 14.9 Å². The summed E-state index contributed by atoms with van der Waals surface area (Å²) in [6, 6.07) is 0. The van der Waals surface area contributed by atoms with E-state index < -0.39 is 12.1 Å². The van der Waals surface area contributed by atoms with Gasteiger partial charge in [0, 0.05) is 17.9 Å². The summed E-state index contributed by atoms with van der Waals surface area (Å²) in [7, 11) is 1.32. The summed E-state index contributed by atoms with van der Waals surface area (Å²) in [5, 5.41) is 21.1. The Hall–Kier alpha value is -0.610. The molecule has 0 heterocycles. The highest BCUT2D eigenvalue weighted by molar-refractivity contribution is 5.74. The molecule has 0 radical (unpaired) electrons. The van der Waals surface area contributed by atoms with Crippen molar-refractivity contribution in [1.29, 1.82) is 0 Å². The average Bonchev–Trinajstić information content (AvgIpc) is 2.55. The second-order valence-corrected chi connectivity index (χ2v) is 8.36.